The highest BCUT2D eigenvalue weighted by Gasteiger charge is 2.18. The van der Waals surface area contributed by atoms with Crippen molar-refractivity contribution in [3.8, 4) is 5.75 Å². The van der Waals surface area contributed by atoms with Crippen molar-refractivity contribution in [1.82, 2.24) is 9.88 Å². The Kier molecular flexibility index (Phi) is 4.28. The van der Waals surface area contributed by atoms with Gasteiger partial charge in [-0.15, -0.1) is 0 Å². The summed E-state index contributed by atoms with van der Waals surface area (Å²) in [5.74, 6) is -0.0825. The highest BCUT2D eigenvalue weighted by atomic mass is 16.3. The van der Waals surface area contributed by atoms with E-state index >= 15 is 0 Å². The Morgan fingerprint density at radius 3 is 2.56 bits per heavy atom. The van der Waals surface area contributed by atoms with Gasteiger partial charge in [0.05, 0.1) is 11.8 Å². The summed E-state index contributed by atoms with van der Waals surface area (Å²) in [6.07, 6.45) is 4.63. The molecular weight excluding hydrogens is 204 g/mol. The van der Waals surface area contributed by atoms with Crippen molar-refractivity contribution >= 4 is 5.91 Å². The van der Waals surface area contributed by atoms with E-state index in [9.17, 15) is 9.90 Å². The number of aromatic hydroxyl groups is 1. The van der Waals surface area contributed by atoms with Crippen LogP contribution in [0.4, 0.5) is 0 Å². The van der Waals surface area contributed by atoms with E-state index in [0.717, 1.165) is 12.8 Å². The van der Waals surface area contributed by atoms with E-state index < -0.39 is 0 Å². The standard InChI is InChI=1S/C12H18N2O2/c1-4-10(5-2)14(3)12(16)9-6-11(15)8-13-7-9/h6-8,10,15H,4-5H2,1-3H3. The van der Waals surface area contributed by atoms with Crippen molar-refractivity contribution < 1.29 is 9.90 Å². The van der Waals surface area contributed by atoms with E-state index in [1.807, 2.05) is 0 Å². The number of hydrogen-bond acceptors (Lipinski definition) is 3. The van der Waals surface area contributed by atoms with Crippen LogP contribution >= 0.6 is 0 Å². The largest absolute Gasteiger partial charge is 0.506 e. The number of carbonyl (C=O) groups is 1. The molecule has 0 bridgehead atoms. The molecule has 1 amide bonds. The Balaban J connectivity index is 2.85. The summed E-state index contributed by atoms with van der Waals surface area (Å²) in [6.45, 7) is 4.11. The Hall–Kier alpha value is -1.58. The highest BCUT2D eigenvalue weighted by molar-refractivity contribution is 5.94. The zero-order chi connectivity index (χ0) is 12.1. The van der Waals surface area contributed by atoms with Gasteiger partial charge in [0, 0.05) is 19.3 Å². The molecule has 0 aromatic carbocycles. The molecule has 0 fully saturated rings. The van der Waals surface area contributed by atoms with E-state index in [4.69, 9.17) is 0 Å². The fraction of sp³-hybridized carbons (Fsp3) is 0.500. The molecule has 0 aliphatic rings. The van der Waals surface area contributed by atoms with Crippen LogP contribution in [0, 0.1) is 0 Å². The first-order valence-corrected chi connectivity index (χ1v) is 5.51. The molecule has 0 saturated heterocycles. The van der Waals surface area contributed by atoms with E-state index in [0.29, 0.717) is 5.56 Å². The third-order valence-corrected chi connectivity index (χ3v) is 2.78. The molecule has 16 heavy (non-hydrogen) atoms. The minimum Gasteiger partial charge on any atom is -0.506 e. The molecule has 1 rings (SSSR count). The summed E-state index contributed by atoms with van der Waals surface area (Å²) >= 11 is 0. The quantitative estimate of drug-likeness (QED) is 0.848. The smallest absolute Gasteiger partial charge is 0.255 e. The van der Waals surface area contributed by atoms with Gasteiger partial charge in [-0.25, -0.2) is 0 Å². The molecule has 0 radical (unpaired) electrons. The van der Waals surface area contributed by atoms with Crippen LogP contribution in [0.15, 0.2) is 18.5 Å². The molecule has 88 valence electrons. The van der Waals surface area contributed by atoms with Gasteiger partial charge in [0.25, 0.3) is 5.91 Å². The van der Waals surface area contributed by atoms with Gasteiger partial charge in [0.15, 0.2) is 0 Å². The molecule has 1 N–H and O–H groups in total. The maximum atomic E-state index is 12.0. The van der Waals surface area contributed by atoms with Gasteiger partial charge in [-0.3, -0.25) is 9.78 Å². The number of nitrogens with zero attached hydrogens (tertiary/aromatic N) is 2. The van der Waals surface area contributed by atoms with E-state index in [1.165, 1.54) is 18.5 Å². The molecule has 0 aliphatic carbocycles. The van der Waals surface area contributed by atoms with Crippen LogP contribution in [0.3, 0.4) is 0 Å². The maximum Gasteiger partial charge on any atom is 0.255 e. The van der Waals surface area contributed by atoms with Crippen molar-refractivity contribution in [2.75, 3.05) is 7.05 Å². The summed E-state index contributed by atoms with van der Waals surface area (Å²) in [4.78, 5) is 17.5. The zero-order valence-electron chi connectivity index (χ0n) is 9.97. The van der Waals surface area contributed by atoms with Crippen LogP contribution in [-0.4, -0.2) is 34.0 Å². The molecule has 0 spiro atoms. The topological polar surface area (TPSA) is 53.4 Å². The Morgan fingerprint density at radius 2 is 2.06 bits per heavy atom. The van der Waals surface area contributed by atoms with Crippen molar-refractivity contribution in [2.24, 2.45) is 0 Å². The lowest BCUT2D eigenvalue weighted by atomic mass is 10.1. The van der Waals surface area contributed by atoms with Crippen LogP contribution in [0.1, 0.15) is 37.0 Å². The SMILES string of the molecule is CCC(CC)N(C)C(=O)c1cncc(O)c1. The van der Waals surface area contributed by atoms with E-state index in [-0.39, 0.29) is 17.7 Å². The highest BCUT2D eigenvalue weighted by Crippen LogP contribution is 2.14. The second-order valence-electron chi connectivity index (χ2n) is 3.82. The van der Waals surface area contributed by atoms with Crippen molar-refractivity contribution in [3.05, 3.63) is 24.0 Å². The Bertz CT molecular complexity index is 362. The number of pyridine rings is 1. The Morgan fingerprint density at radius 1 is 1.44 bits per heavy atom. The second kappa shape index (κ2) is 5.49. The maximum absolute atomic E-state index is 12.0. The van der Waals surface area contributed by atoms with Crippen LogP contribution < -0.4 is 0 Å². The van der Waals surface area contributed by atoms with Crippen LogP contribution in [0.2, 0.25) is 0 Å². The predicted octanol–water partition coefficient (Wildman–Crippen LogP) is 2.05. The lowest BCUT2D eigenvalue weighted by molar-refractivity contribution is 0.0723. The van der Waals surface area contributed by atoms with Gasteiger partial charge >= 0.3 is 0 Å². The number of hydrogen-bond donors (Lipinski definition) is 1. The van der Waals surface area contributed by atoms with Crippen LogP contribution in [0.5, 0.6) is 5.75 Å². The van der Waals surface area contributed by atoms with Gasteiger partial charge in [0.1, 0.15) is 5.75 Å². The van der Waals surface area contributed by atoms with Crippen LogP contribution in [0.25, 0.3) is 0 Å². The molecule has 1 heterocycles. The average Bonchev–Trinajstić information content (AvgIpc) is 2.29. The third kappa shape index (κ3) is 2.72. The molecular formula is C12H18N2O2. The normalized spacial score (nSPS) is 10.5. The minimum absolute atomic E-state index is 0.0174. The summed E-state index contributed by atoms with van der Waals surface area (Å²) in [5.41, 5.74) is 0.425. The van der Waals surface area contributed by atoms with Gasteiger partial charge in [-0.05, 0) is 18.9 Å². The van der Waals surface area contributed by atoms with Crippen molar-refractivity contribution in [3.63, 3.8) is 0 Å². The zero-order valence-corrected chi connectivity index (χ0v) is 9.97. The molecule has 0 aliphatic heterocycles. The van der Waals surface area contributed by atoms with Gasteiger partial charge < -0.3 is 10.0 Å². The molecule has 1 aromatic heterocycles. The molecule has 4 nitrogen and oxygen atoms in total. The summed E-state index contributed by atoms with van der Waals surface area (Å²) in [5, 5.41) is 9.26. The fourth-order valence-electron chi connectivity index (χ4n) is 1.75. The summed E-state index contributed by atoms with van der Waals surface area (Å²) < 4.78 is 0. The third-order valence-electron chi connectivity index (χ3n) is 2.78. The lowest BCUT2D eigenvalue weighted by Gasteiger charge is -2.26. The molecule has 0 atom stereocenters. The van der Waals surface area contributed by atoms with Gasteiger partial charge in [-0.2, -0.15) is 0 Å². The monoisotopic (exact) mass is 222 g/mol. The molecule has 0 unspecified atom stereocenters. The predicted molar refractivity (Wildman–Crippen MR) is 62.4 cm³/mol. The summed E-state index contributed by atoms with van der Waals surface area (Å²) in [7, 11) is 1.78. The number of carbonyl (C=O) groups excluding carboxylic acids is 1. The first-order valence-electron chi connectivity index (χ1n) is 5.51. The van der Waals surface area contributed by atoms with E-state index in [2.05, 4.69) is 18.8 Å². The molecule has 4 heteroatoms. The first kappa shape index (κ1) is 12.5. The van der Waals surface area contributed by atoms with Gasteiger partial charge in [0.2, 0.25) is 0 Å². The lowest BCUT2D eigenvalue weighted by Crippen LogP contribution is -2.36. The van der Waals surface area contributed by atoms with Crippen molar-refractivity contribution in [2.45, 2.75) is 32.7 Å². The average molecular weight is 222 g/mol. The first-order chi connectivity index (χ1) is 7.60. The van der Waals surface area contributed by atoms with Crippen LogP contribution in [-0.2, 0) is 0 Å². The van der Waals surface area contributed by atoms with E-state index in [1.54, 1.807) is 11.9 Å². The molecule has 1 aromatic rings. The number of amides is 1. The Labute approximate surface area is 95.9 Å². The second-order valence-corrected chi connectivity index (χ2v) is 3.82. The van der Waals surface area contributed by atoms with Crippen molar-refractivity contribution in [1.29, 1.82) is 0 Å². The van der Waals surface area contributed by atoms with Gasteiger partial charge in [-0.1, -0.05) is 13.8 Å². The summed E-state index contributed by atoms with van der Waals surface area (Å²) in [6, 6.07) is 1.67. The number of aromatic nitrogens is 1. The minimum atomic E-state index is -0.0999. The fourth-order valence-corrected chi connectivity index (χ4v) is 1.75. The molecule has 0 saturated carbocycles. The number of rotatable bonds is 4.